The van der Waals surface area contributed by atoms with Gasteiger partial charge in [-0.1, -0.05) is 0 Å². The molecule has 0 radical (unpaired) electrons. The number of carbonyl (C=O) groups is 1. The minimum atomic E-state index is -1.06. The molecule has 2 aromatic heterocycles. The topological polar surface area (TPSA) is 55.1 Å². The molecule has 0 bridgehead atoms. The highest BCUT2D eigenvalue weighted by Gasteiger charge is 2.16. The van der Waals surface area contributed by atoms with Gasteiger partial charge in [0, 0.05) is 23.5 Å². The van der Waals surface area contributed by atoms with Crippen LogP contribution < -0.4 is 0 Å². The Bertz CT molecular complexity index is 766. The first-order valence-electron chi connectivity index (χ1n) is 5.61. The van der Waals surface area contributed by atoms with E-state index in [1.807, 2.05) is 0 Å². The normalized spacial score (nSPS) is 10.8. The van der Waals surface area contributed by atoms with Crippen molar-refractivity contribution in [2.24, 2.45) is 0 Å². The van der Waals surface area contributed by atoms with Crippen LogP contribution >= 0.6 is 0 Å². The zero-order valence-corrected chi connectivity index (χ0v) is 9.75. The third-order valence-electron chi connectivity index (χ3n) is 2.90. The summed E-state index contributed by atoms with van der Waals surface area (Å²) < 4.78 is 14.8. The quantitative estimate of drug-likeness (QED) is 0.767. The average Bonchev–Trinajstić information content (AvgIpc) is 2.78. The molecule has 0 saturated carbocycles. The van der Waals surface area contributed by atoms with E-state index in [1.165, 1.54) is 18.2 Å². The molecule has 4 nitrogen and oxygen atoms in total. The second kappa shape index (κ2) is 4.20. The van der Waals surface area contributed by atoms with Gasteiger partial charge in [0.15, 0.2) is 0 Å². The highest BCUT2D eigenvalue weighted by atomic mass is 19.1. The van der Waals surface area contributed by atoms with Gasteiger partial charge in [-0.2, -0.15) is 0 Å². The Morgan fingerprint density at radius 1 is 1.16 bits per heavy atom. The number of aromatic carboxylic acids is 1. The lowest BCUT2D eigenvalue weighted by Gasteiger charge is -2.07. The van der Waals surface area contributed by atoms with Crippen LogP contribution in [-0.4, -0.2) is 20.6 Å². The van der Waals surface area contributed by atoms with Crippen molar-refractivity contribution in [2.45, 2.75) is 0 Å². The largest absolute Gasteiger partial charge is 0.477 e. The van der Waals surface area contributed by atoms with E-state index in [0.717, 1.165) is 0 Å². The van der Waals surface area contributed by atoms with E-state index in [0.29, 0.717) is 16.6 Å². The summed E-state index contributed by atoms with van der Waals surface area (Å²) in [5, 5.41) is 9.82. The molecule has 0 aliphatic rings. The number of pyridine rings is 1. The monoisotopic (exact) mass is 256 g/mol. The Kier molecular flexibility index (Phi) is 2.52. The molecule has 0 fully saturated rings. The second-order valence-electron chi connectivity index (χ2n) is 4.08. The fraction of sp³-hybridized carbons (Fsp3) is 0. The van der Waals surface area contributed by atoms with Gasteiger partial charge >= 0.3 is 5.97 Å². The molecular weight excluding hydrogens is 247 g/mol. The average molecular weight is 256 g/mol. The van der Waals surface area contributed by atoms with E-state index in [1.54, 1.807) is 35.2 Å². The van der Waals surface area contributed by atoms with Gasteiger partial charge in [-0.15, -0.1) is 0 Å². The molecule has 1 N–H and O–H groups in total. The standard InChI is InChI=1S/C14H9FN2O2/c15-10-1-2-12-9(7-10)8-13(14(18)19)17(12)11-3-5-16-6-4-11/h1-8H,(H,18,19). The van der Waals surface area contributed by atoms with Crippen molar-refractivity contribution in [1.82, 2.24) is 9.55 Å². The number of hydrogen-bond donors (Lipinski definition) is 1. The maximum Gasteiger partial charge on any atom is 0.352 e. The first-order valence-corrected chi connectivity index (χ1v) is 5.61. The van der Waals surface area contributed by atoms with Gasteiger partial charge in [0.2, 0.25) is 0 Å². The van der Waals surface area contributed by atoms with Gasteiger partial charge in [-0.05, 0) is 36.4 Å². The van der Waals surface area contributed by atoms with Crippen LogP contribution in [0.5, 0.6) is 0 Å². The van der Waals surface area contributed by atoms with Crippen LogP contribution in [0.1, 0.15) is 10.5 Å². The number of aromatic nitrogens is 2. The zero-order chi connectivity index (χ0) is 13.4. The number of nitrogens with zero attached hydrogens (tertiary/aromatic N) is 2. The van der Waals surface area contributed by atoms with Gasteiger partial charge in [-0.25, -0.2) is 9.18 Å². The lowest BCUT2D eigenvalue weighted by Crippen LogP contribution is -2.06. The third-order valence-corrected chi connectivity index (χ3v) is 2.90. The van der Waals surface area contributed by atoms with Crippen LogP contribution in [-0.2, 0) is 0 Å². The minimum absolute atomic E-state index is 0.0896. The Balaban J connectivity index is 2.38. The van der Waals surface area contributed by atoms with E-state index < -0.39 is 11.8 Å². The minimum Gasteiger partial charge on any atom is -0.477 e. The molecule has 0 atom stereocenters. The van der Waals surface area contributed by atoms with E-state index in [2.05, 4.69) is 4.98 Å². The lowest BCUT2D eigenvalue weighted by molar-refractivity contribution is 0.0688. The number of halogens is 1. The van der Waals surface area contributed by atoms with Crippen molar-refractivity contribution in [3.8, 4) is 5.69 Å². The van der Waals surface area contributed by atoms with Crippen molar-refractivity contribution in [3.63, 3.8) is 0 Å². The highest BCUT2D eigenvalue weighted by molar-refractivity contribution is 5.96. The number of fused-ring (bicyclic) bond motifs is 1. The van der Waals surface area contributed by atoms with Crippen LogP contribution in [0.4, 0.5) is 4.39 Å². The summed E-state index contributed by atoms with van der Waals surface area (Å²) >= 11 is 0. The van der Waals surface area contributed by atoms with Crippen LogP contribution in [0, 0.1) is 5.82 Å². The van der Waals surface area contributed by atoms with Crippen LogP contribution in [0.3, 0.4) is 0 Å². The molecule has 1 aromatic carbocycles. The fourth-order valence-electron chi connectivity index (χ4n) is 2.11. The van der Waals surface area contributed by atoms with Gasteiger partial charge in [-0.3, -0.25) is 4.98 Å². The molecule has 3 aromatic rings. The smallest absolute Gasteiger partial charge is 0.352 e. The molecule has 0 spiro atoms. The van der Waals surface area contributed by atoms with E-state index >= 15 is 0 Å². The molecule has 2 heterocycles. The summed E-state index contributed by atoms with van der Waals surface area (Å²) in [5.41, 5.74) is 1.41. The Morgan fingerprint density at radius 3 is 2.58 bits per heavy atom. The first-order chi connectivity index (χ1) is 9.16. The SMILES string of the molecule is O=C(O)c1cc2cc(F)ccc2n1-c1ccncc1. The van der Waals surface area contributed by atoms with Gasteiger partial charge in [0.25, 0.3) is 0 Å². The van der Waals surface area contributed by atoms with E-state index in [9.17, 15) is 14.3 Å². The molecule has 0 amide bonds. The van der Waals surface area contributed by atoms with Crippen LogP contribution in [0.25, 0.3) is 16.6 Å². The second-order valence-corrected chi connectivity index (χ2v) is 4.08. The predicted molar refractivity (Wildman–Crippen MR) is 68.0 cm³/mol. The molecule has 0 saturated heterocycles. The van der Waals surface area contributed by atoms with Gasteiger partial charge < -0.3 is 9.67 Å². The number of benzene rings is 1. The molecule has 0 aliphatic carbocycles. The molecule has 0 aliphatic heterocycles. The summed E-state index contributed by atoms with van der Waals surface area (Å²) in [6, 6.07) is 9.06. The molecule has 19 heavy (non-hydrogen) atoms. The number of carboxylic acids is 1. The molecule has 0 unspecified atom stereocenters. The summed E-state index contributed by atoms with van der Waals surface area (Å²) in [6.45, 7) is 0. The van der Waals surface area contributed by atoms with Crippen LogP contribution in [0.2, 0.25) is 0 Å². The first kappa shape index (κ1) is 11.4. The molecule has 3 rings (SSSR count). The van der Waals surface area contributed by atoms with Crippen LogP contribution in [0.15, 0.2) is 48.8 Å². The van der Waals surface area contributed by atoms with Gasteiger partial charge in [0.05, 0.1) is 5.52 Å². The maximum absolute atomic E-state index is 13.2. The highest BCUT2D eigenvalue weighted by Crippen LogP contribution is 2.25. The summed E-state index contributed by atoms with van der Waals surface area (Å²) in [5.74, 6) is -1.45. The van der Waals surface area contributed by atoms with Crippen molar-refractivity contribution in [2.75, 3.05) is 0 Å². The third kappa shape index (κ3) is 1.85. The van der Waals surface area contributed by atoms with Crippen molar-refractivity contribution < 1.29 is 14.3 Å². The fourth-order valence-corrected chi connectivity index (χ4v) is 2.11. The molecular formula is C14H9FN2O2. The summed E-state index contributed by atoms with van der Waals surface area (Å²) in [4.78, 5) is 15.2. The maximum atomic E-state index is 13.2. The molecule has 94 valence electrons. The lowest BCUT2D eigenvalue weighted by atomic mass is 10.2. The Morgan fingerprint density at radius 2 is 1.89 bits per heavy atom. The zero-order valence-electron chi connectivity index (χ0n) is 9.75. The van der Waals surface area contributed by atoms with Crippen molar-refractivity contribution in [1.29, 1.82) is 0 Å². The number of hydrogen-bond acceptors (Lipinski definition) is 2. The van der Waals surface area contributed by atoms with E-state index in [-0.39, 0.29) is 5.69 Å². The summed E-state index contributed by atoms with van der Waals surface area (Å²) in [7, 11) is 0. The predicted octanol–water partition coefficient (Wildman–Crippen LogP) is 2.86. The van der Waals surface area contributed by atoms with Crippen molar-refractivity contribution >= 4 is 16.9 Å². The number of rotatable bonds is 2. The van der Waals surface area contributed by atoms with Crippen molar-refractivity contribution in [3.05, 3.63) is 60.3 Å². The Hall–Kier alpha value is -2.69. The van der Waals surface area contributed by atoms with Gasteiger partial charge in [0.1, 0.15) is 11.5 Å². The Labute approximate surface area is 107 Å². The summed E-state index contributed by atoms with van der Waals surface area (Å²) in [6.07, 6.45) is 3.16. The van der Waals surface area contributed by atoms with E-state index in [4.69, 9.17) is 0 Å². The molecule has 5 heteroatoms. The number of carboxylic acid groups (broad SMARTS) is 1.